The van der Waals surface area contributed by atoms with Crippen molar-refractivity contribution in [2.45, 2.75) is 71.5 Å². The van der Waals surface area contributed by atoms with Gasteiger partial charge in [-0.2, -0.15) is 5.10 Å². The quantitative estimate of drug-likeness (QED) is 0.890. The molecule has 0 saturated carbocycles. The first-order valence-corrected chi connectivity index (χ1v) is 7.53. The molecule has 1 aromatic heterocycles. The molecule has 0 bridgehead atoms. The maximum absolute atomic E-state index is 12.4. The number of carbonyl (C=O) groups is 1. The third-order valence-corrected chi connectivity index (χ3v) is 4.32. The first-order valence-electron chi connectivity index (χ1n) is 7.53. The van der Waals surface area contributed by atoms with Crippen LogP contribution in [-0.2, 0) is 4.79 Å². The Kier molecular flexibility index (Phi) is 4.48. The van der Waals surface area contributed by atoms with Gasteiger partial charge in [-0.05, 0) is 39.5 Å². The normalized spacial score (nSPS) is 25.1. The Morgan fingerprint density at radius 3 is 2.45 bits per heavy atom. The Morgan fingerprint density at radius 1 is 1.35 bits per heavy atom. The van der Waals surface area contributed by atoms with Crippen LogP contribution in [-0.4, -0.2) is 39.1 Å². The molecule has 1 aliphatic heterocycles. The minimum absolute atomic E-state index is 0.0207. The summed E-state index contributed by atoms with van der Waals surface area (Å²) in [7, 11) is 0. The van der Waals surface area contributed by atoms with Gasteiger partial charge in [0, 0.05) is 23.8 Å². The van der Waals surface area contributed by atoms with E-state index in [1.807, 2.05) is 13.0 Å². The molecule has 0 aromatic carbocycles. The molecule has 2 rings (SSSR count). The number of hydrogen-bond donors (Lipinski definition) is 2. The van der Waals surface area contributed by atoms with E-state index in [-0.39, 0.29) is 11.9 Å². The van der Waals surface area contributed by atoms with Gasteiger partial charge in [0.1, 0.15) is 0 Å². The largest absolute Gasteiger partial charge is 0.308 e. The molecule has 0 radical (unpaired) electrons. The zero-order valence-corrected chi connectivity index (χ0v) is 13.1. The second kappa shape index (κ2) is 5.95. The molecule has 5 nitrogen and oxygen atoms in total. The summed E-state index contributed by atoms with van der Waals surface area (Å²) in [5.41, 5.74) is 1.04. The lowest BCUT2D eigenvalue weighted by atomic mass is 10.1. The van der Waals surface area contributed by atoms with Crippen LogP contribution in [0.25, 0.3) is 0 Å². The highest BCUT2D eigenvalue weighted by molar-refractivity contribution is 5.93. The van der Waals surface area contributed by atoms with Crippen LogP contribution in [0.3, 0.4) is 0 Å². The van der Waals surface area contributed by atoms with Gasteiger partial charge in [-0.25, -0.2) is 0 Å². The maximum Gasteiger partial charge on any atom is 0.242 e. The molecule has 0 spiro atoms. The number of aromatic nitrogens is 2. The number of likely N-dealkylation sites (tertiary alicyclic amines) is 1. The second-order valence-electron chi connectivity index (χ2n) is 6.25. The average molecular weight is 278 g/mol. The maximum atomic E-state index is 12.4. The highest BCUT2D eigenvalue weighted by Gasteiger charge is 2.34. The smallest absolute Gasteiger partial charge is 0.242 e. The zero-order valence-electron chi connectivity index (χ0n) is 13.1. The Bertz CT molecular complexity index is 458. The van der Waals surface area contributed by atoms with Gasteiger partial charge in [0.05, 0.1) is 6.04 Å². The van der Waals surface area contributed by atoms with Crippen molar-refractivity contribution in [3.63, 3.8) is 0 Å². The van der Waals surface area contributed by atoms with Gasteiger partial charge in [-0.1, -0.05) is 13.8 Å². The zero-order chi connectivity index (χ0) is 14.9. The number of H-pyrrole nitrogens is 1. The fourth-order valence-corrected chi connectivity index (χ4v) is 3.04. The van der Waals surface area contributed by atoms with Gasteiger partial charge in [-0.3, -0.25) is 14.8 Å². The fourth-order valence-electron chi connectivity index (χ4n) is 3.04. The molecule has 0 aliphatic carbocycles. The lowest BCUT2D eigenvalue weighted by Gasteiger charge is -2.31. The third-order valence-electron chi connectivity index (χ3n) is 4.32. The van der Waals surface area contributed by atoms with E-state index in [9.17, 15) is 4.79 Å². The standard InChI is InChI=1S/C15H26N4O/c1-9(2)13-8-14(18-17-13)16-15(20)12(5)19-10(3)6-7-11(19)4/h8-12H,6-7H2,1-5H3,(H2,16,17,18,20). The van der Waals surface area contributed by atoms with E-state index < -0.39 is 0 Å². The minimum atomic E-state index is -0.123. The third kappa shape index (κ3) is 3.03. The van der Waals surface area contributed by atoms with Crippen LogP contribution in [0.15, 0.2) is 6.07 Å². The van der Waals surface area contributed by atoms with Crippen LogP contribution < -0.4 is 5.32 Å². The van der Waals surface area contributed by atoms with Crippen molar-refractivity contribution in [3.8, 4) is 0 Å². The highest BCUT2D eigenvalue weighted by atomic mass is 16.2. The molecular weight excluding hydrogens is 252 g/mol. The van der Waals surface area contributed by atoms with Crippen LogP contribution in [0.4, 0.5) is 5.82 Å². The van der Waals surface area contributed by atoms with Crippen molar-refractivity contribution in [2.75, 3.05) is 5.32 Å². The van der Waals surface area contributed by atoms with Gasteiger partial charge in [0.2, 0.25) is 5.91 Å². The van der Waals surface area contributed by atoms with Gasteiger partial charge >= 0.3 is 0 Å². The SMILES string of the molecule is CC(C)c1cc(NC(=O)C(C)N2C(C)CCC2C)n[nH]1. The van der Waals surface area contributed by atoms with E-state index in [2.05, 4.69) is 48.1 Å². The molecule has 2 N–H and O–H groups in total. The molecule has 20 heavy (non-hydrogen) atoms. The number of aromatic amines is 1. The van der Waals surface area contributed by atoms with Crippen molar-refractivity contribution in [3.05, 3.63) is 11.8 Å². The lowest BCUT2D eigenvalue weighted by Crippen LogP contribution is -2.46. The lowest BCUT2D eigenvalue weighted by molar-refractivity contribution is -0.121. The molecule has 1 amide bonds. The summed E-state index contributed by atoms with van der Waals surface area (Å²) in [6.07, 6.45) is 2.33. The Balaban J connectivity index is 2.00. The van der Waals surface area contributed by atoms with Crippen molar-refractivity contribution in [2.24, 2.45) is 0 Å². The Morgan fingerprint density at radius 2 is 1.95 bits per heavy atom. The Hall–Kier alpha value is -1.36. The van der Waals surface area contributed by atoms with Gasteiger partial charge in [-0.15, -0.1) is 0 Å². The van der Waals surface area contributed by atoms with E-state index in [1.54, 1.807) is 0 Å². The number of hydrogen-bond acceptors (Lipinski definition) is 3. The van der Waals surface area contributed by atoms with Crippen LogP contribution >= 0.6 is 0 Å². The molecule has 3 atom stereocenters. The summed E-state index contributed by atoms with van der Waals surface area (Å²) in [4.78, 5) is 14.7. The predicted octanol–water partition coefficient (Wildman–Crippen LogP) is 2.73. The molecule has 112 valence electrons. The average Bonchev–Trinajstić information content (AvgIpc) is 2.96. The topological polar surface area (TPSA) is 61.0 Å². The summed E-state index contributed by atoms with van der Waals surface area (Å²) in [5, 5.41) is 10.0. The van der Waals surface area contributed by atoms with Crippen molar-refractivity contribution >= 4 is 11.7 Å². The van der Waals surface area contributed by atoms with E-state index >= 15 is 0 Å². The summed E-state index contributed by atoms with van der Waals surface area (Å²) in [6.45, 7) is 10.5. The molecule has 5 heteroatoms. The van der Waals surface area contributed by atoms with Crippen LogP contribution in [0.1, 0.15) is 59.1 Å². The monoisotopic (exact) mass is 278 g/mol. The molecule has 3 unspecified atom stereocenters. The Labute approximate surface area is 121 Å². The number of nitrogens with zero attached hydrogens (tertiary/aromatic N) is 2. The summed E-state index contributed by atoms with van der Waals surface area (Å²) in [6, 6.07) is 2.72. The number of nitrogens with one attached hydrogen (secondary N) is 2. The number of anilines is 1. The molecule has 1 aliphatic rings. The molecule has 1 fully saturated rings. The van der Waals surface area contributed by atoms with E-state index in [0.717, 1.165) is 5.69 Å². The van der Waals surface area contributed by atoms with Gasteiger partial charge in [0.15, 0.2) is 5.82 Å². The number of rotatable bonds is 4. The van der Waals surface area contributed by atoms with E-state index in [4.69, 9.17) is 0 Å². The number of amides is 1. The van der Waals surface area contributed by atoms with Gasteiger partial charge < -0.3 is 5.32 Å². The minimum Gasteiger partial charge on any atom is -0.308 e. The molecular formula is C15H26N4O. The van der Waals surface area contributed by atoms with Crippen molar-refractivity contribution in [1.82, 2.24) is 15.1 Å². The summed E-state index contributed by atoms with van der Waals surface area (Å²) >= 11 is 0. The molecule has 1 saturated heterocycles. The van der Waals surface area contributed by atoms with E-state index in [1.165, 1.54) is 12.8 Å². The summed E-state index contributed by atoms with van der Waals surface area (Å²) in [5.74, 6) is 1.02. The first kappa shape index (κ1) is 15.0. The van der Waals surface area contributed by atoms with Crippen LogP contribution in [0.2, 0.25) is 0 Å². The second-order valence-corrected chi connectivity index (χ2v) is 6.25. The molecule has 1 aromatic rings. The summed E-state index contributed by atoms with van der Waals surface area (Å²) < 4.78 is 0. The van der Waals surface area contributed by atoms with Crippen LogP contribution in [0.5, 0.6) is 0 Å². The van der Waals surface area contributed by atoms with Crippen LogP contribution in [0, 0.1) is 0 Å². The first-order chi connectivity index (χ1) is 9.40. The van der Waals surface area contributed by atoms with E-state index in [0.29, 0.717) is 23.8 Å². The predicted molar refractivity (Wildman–Crippen MR) is 80.8 cm³/mol. The van der Waals surface area contributed by atoms with Crippen molar-refractivity contribution < 1.29 is 4.79 Å². The van der Waals surface area contributed by atoms with Crippen molar-refractivity contribution in [1.29, 1.82) is 0 Å². The molecule has 2 heterocycles. The number of carbonyl (C=O) groups excluding carboxylic acids is 1. The van der Waals surface area contributed by atoms with Gasteiger partial charge in [0.25, 0.3) is 0 Å². The fraction of sp³-hybridized carbons (Fsp3) is 0.733. The highest BCUT2D eigenvalue weighted by Crippen LogP contribution is 2.26.